The summed E-state index contributed by atoms with van der Waals surface area (Å²) >= 11 is 3.73. The Morgan fingerprint density at radius 3 is 2.68 bits per heavy atom. The molecule has 1 saturated heterocycles. The first-order chi connectivity index (χ1) is 9.01. The van der Waals surface area contributed by atoms with Gasteiger partial charge in [0.25, 0.3) is 0 Å². The van der Waals surface area contributed by atoms with Crippen LogP contribution >= 0.6 is 15.9 Å². The minimum Gasteiger partial charge on any atom is -0.368 e. The lowest BCUT2D eigenvalue weighted by molar-refractivity contribution is 0.625. The Labute approximate surface area is 125 Å². The van der Waals surface area contributed by atoms with Crippen LogP contribution in [0.15, 0.2) is 22.7 Å². The zero-order chi connectivity index (χ0) is 14.0. The standard InChI is InChI=1S/C16H25BrN2/c1-4-14(18)8-13-5-6-16(15(17)9-13)19-10-11(2)7-12(19)3/h5-6,9,11-12,14H,4,7-8,10,18H2,1-3H3. The number of rotatable bonds is 4. The van der Waals surface area contributed by atoms with Crippen molar-refractivity contribution in [1.29, 1.82) is 0 Å². The highest BCUT2D eigenvalue weighted by Gasteiger charge is 2.27. The van der Waals surface area contributed by atoms with Gasteiger partial charge in [-0.3, -0.25) is 0 Å². The molecule has 1 aliphatic rings. The zero-order valence-corrected chi connectivity index (χ0v) is 13.8. The van der Waals surface area contributed by atoms with Crippen LogP contribution in [-0.2, 0) is 6.42 Å². The molecule has 0 saturated carbocycles. The van der Waals surface area contributed by atoms with E-state index in [4.69, 9.17) is 5.73 Å². The second-order valence-corrected chi connectivity index (χ2v) is 6.85. The number of hydrogen-bond acceptors (Lipinski definition) is 2. The second kappa shape index (κ2) is 6.27. The van der Waals surface area contributed by atoms with Gasteiger partial charge in [0, 0.05) is 23.1 Å². The molecule has 106 valence electrons. The summed E-state index contributed by atoms with van der Waals surface area (Å²) in [6.07, 6.45) is 3.27. The Hall–Kier alpha value is -0.540. The van der Waals surface area contributed by atoms with E-state index in [-0.39, 0.29) is 6.04 Å². The first kappa shape index (κ1) is 14.9. The molecular formula is C16H25BrN2. The van der Waals surface area contributed by atoms with E-state index in [1.165, 1.54) is 22.1 Å². The van der Waals surface area contributed by atoms with E-state index >= 15 is 0 Å². The van der Waals surface area contributed by atoms with Gasteiger partial charge in [-0.2, -0.15) is 0 Å². The van der Waals surface area contributed by atoms with Crippen LogP contribution in [0.1, 0.15) is 39.2 Å². The van der Waals surface area contributed by atoms with Crippen molar-refractivity contribution < 1.29 is 0 Å². The average Bonchev–Trinajstić information content (AvgIpc) is 2.68. The topological polar surface area (TPSA) is 29.3 Å². The average molecular weight is 325 g/mol. The van der Waals surface area contributed by atoms with E-state index in [9.17, 15) is 0 Å². The maximum Gasteiger partial charge on any atom is 0.0513 e. The van der Waals surface area contributed by atoms with Crippen molar-refractivity contribution >= 4 is 21.6 Å². The zero-order valence-electron chi connectivity index (χ0n) is 12.2. The lowest BCUT2D eigenvalue weighted by Crippen LogP contribution is -2.27. The predicted octanol–water partition coefficient (Wildman–Crippen LogP) is 3.96. The van der Waals surface area contributed by atoms with Crippen molar-refractivity contribution in [1.82, 2.24) is 0 Å². The van der Waals surface area contributed by atoms with Gasteiger partial charge in [0.05, 0.1) is 5.69 Å². The molecule has 19 heavy (non-hydrogen) atoms. The molecule has 3 atom stereocenters. The second-order valence-electron chi connectivity index (χ2n) is 6.00. The van der Waals surface area contributed by atoms with Crippen molar-refractivity contribution in [2.45, 2.75) is 52.1 Å². The number of nitrogens with zero attached hydrogens (tertiary/aromatic N) is 1. The Bertz CT molecular complexity index is 433. The van der Waals surface area contributed by atoms with E-state index in [1.54, 1.807) is 0 Å². The molecule has 2 rings (SSSR count). The monoisotopic (exact) mass is 324 g/mol. The minimum atomic E-state index is 0.267. The van der Waals surface area contributed by atoms with Gasteiger partial charge < -0.3 is 10.6 Å². The van der Waals surface area contributed by atoms with E-state index in [0.717, 1.165) is 25.3 Å². The number of benzene rings is 1. The molecular weight excluding hydrogens is 300 g/mol. The summed E-state index contributed by atoms with van der Waals surface area (Å²) < 4.78 is 1.20. The highest BCUT2D eigenvalue weighted by molar-refractivity contribution is 9.10. The van der Waals surface area contributed by atoms with Gasteiger partial charge in [0.1, 0.15) is 0 Å². The lowest BCUT2D eigenvalue weighted by atomic mass is 10.0. The fourth-order valence-electron chi connectivity index (χ4n) is 2.99. The maximum absolute atomic E-state index is 6.03. The molecule has 1 aliphatic heterocycles. The minimum absolute atomic E-state index is 0.267. The van der Waals surface area contributed by atoms with Gasteiger partial charge >= 0.3 is 0 Å². The fourth-order valence-corrected chi connectivity index (χ4v) is 3.65. The van der Waals surface area contributed by atoms with Crippen LogP contribution in [0.25, 0.3) is 0 Å². The van der Waals surface area contributed by atoms with E-state index in [0.29, 0.717) is 6.04 Å². The molecule has 3 unspecified atom stereocenters. The van der Waals surface area contributed by atoms with Gasteiger partial charge in [0.2, 0.25) is 0 Å². The summed E-state index contributed by atoms with van der Waals surface area (Å²) in [5, 5.41) is 0. The molecule has 3 heteroatoms. The van der Waals surface area contributed by atoms with E-state index in [1.807, 2.05) is 0 Å². The van der Waals surface area contributed by atoms with Gasteiger partial charge in [-0.15, -0.1) is 0 Å². The van der Waals surface area contributed by atoms with Gasteiger partial charge in [-0.1, -0.05) is 19.9 Å². The van der Waals surface area contributed by atoms with Crippen LogP contribution < -0.4 is 10.6 Å². The Morgan fingerprint density at radius 1 is 1.42 bits per heavy atom. The highest BCUT2D eigenvalue weighted by Crippen LogP contribution is 2.34. The van der Waals surface area contributed by atoms with Crippen LogP contribution in [-0.4, -0.2) is 18.6 Å². The number of halogens is 1. The molecule has 0 spiro atoms. The van der Waals surface area contributed by atoms with Gasteiger partial charge in [0.15, 0.2) is 0 Å². The number of anilines is 1. The van der Waals surface area contributed by atoms with Crippen molar-refractivity contribution in [3.05, 3.63) is 28.2 Å². The van der Waals surface area contributed by atoms with E-state index in [2.05, 4.69) is 59.8 Å². The Morgan fingerprint density at radius 2 is 2.16 bits per heavy atom. The van der Waals surface area contributed by atoms with E-state index < -0.39 is 0 Å². The Balaban J connectivity index is 2.15. The summed E-state index contributed by atoms with van der Waals surface area (Å²) in [5.74, 6) is 0.787. The van der Waals surface area contributed by atoms with Crippen LogP contribution in [0.4, 0.5) is 5.69 Å². The first-order valence-electron chi connectivity index (χ1n) is 7.31. The molecule has 0 bridgehead atoms. The van der Waals surface area contributed by atoms with Crippen molar-refractivity contribution in [2.75, 3.05) is 11.4 Å². The summed E-state index contributed by atoms with van der Waals surface area (Å²) in [6, 6.07) is 7.61. The van der Waals surface area contributed by atoms with Crippen LogP contribution in [0, 0.1) is 5.92 Å². The van der Waals surface area contributed by atoms with Crippen LogP contribution in [0.5, 0.6) is 0 Å². The number of hydrogen-bond donors (Lipinski definition) is 1. The summed E-state index contributed by atoms with van der Waals surface area (Å²) in [4.78, 5) is 2.51. The summed E-state index contributed by atoms with van der Waals surface area (Å²) in [6.45, 7) is 7.95. The van der Waals surface area contributed by atoms with Gasteiger partial charge in [-0.05, 0) is 65.7 Å². The third-order valence-electron chi connectivity index (χ3n) is 4.13. The summed E-state index contributed by atoms with van der Waals surface area (Å²) in [7, 11) is 0. The molecule has 0 radical (unpaired) electrons. The molecule has 1 fully saturated rings. The molecule has 2 nitrogen and oxygen atoms in total. The van der Waals surface area contributed by atoms with Crippen LogP contribution in [0.2, 0.25) is 0 Å². The molecule has 2 N–H and O–H groups in total. The first-order valence-corrected chi connectivity index (χ1v) is 8.11. The molecule has 0 aromatic heterocycles. The summed E-state index contributed by atoms with van der Waals surface area (Å²) in [5.41, 5.74) is 8.68. The predicted molar refractivity (Wildman–Crippen MR) is 86.7 cm³/mol. The molecule has 1 aromatic rings. The lowest BCUT2D eigenvalue weighted by Gasteiger charge is -2.25. The Kier molecular flexibility index (Phi) is 4.91. The van der Waals surface area contributed by atoms with Crippen molar-refractivity contribution in [2.24, 2.45) is 11.7 Å². The maximum atomic E-state index is 6.03. The highest BCUT2D eigenvalue weighted by atomic mass is 79.9. The quantitative estimate of drug-likeness (QED) is 0.908. The largest absolute Gasteiger partial charge is 0.368 e. The third-order valence-corrected chi connectivity index (χ3v) is 4.76. The molecule has 0 amide bonds. The smallest absolute Gasteiger partial charge is 0.0513 e. The SMILES string of the molecule is CCC(N)Cc1ccc(N2CC(C)CC2C)c(Br)c1. The van der Waals surface area contributed by atoms with Crippen molar-refractivity contribution in [3.63, 3.8) is 0 Å². The molecule has 1 heterocycles. The third kappa shape index (κ3) is 3.51. The normalized spacial score (nSPS) is 24.8. The fraction of sp³-hybridized carbons (Fsp3) is 0.625. The number of nitrogens with two attached hydrogens (primary N) is 1. The van der Waals surface area contributed by atoms with Gasteiger partial charge in [-0.25, -0.2) is 0 Å². The molecule has 1 aromatic carbocycles. The molecule has 0 aliphatic carbocycles. The van der Waals surface area contributed by atoms with Crippen molar-refractivity contribution in [3.8, 4) is 0 Å². The van der Waals surface area contributed by atoms with Crippen LogP contribution in [0.3, 0.4) is 0 Å².